The number of nitrogens with one attached hydrogen (secondary N) is 1. The Morgan fingerprint density at radius 2 is 1.67 bits per heavy atom. The molecule has 218 valence electrons. The van der Waals surface area contributed by atoms with Crippen LogP contribution in [0.1, 0.15) is 66.1 Å². The van der Waals surface area contributed by atoms with Crippen molar-refractivity contribution >= 4 is 40.3 Å². The molecular weight excluding hydrogens is 558 g/mol. The molecule has 5 nitrogen and oxygen atoms in total. The van der Waals surface area contributed by atoms with Gasteiger partial charge >= 0.3 is 0 Å². The zero-order chi connectivity index (χ0) is 29.7. The smallest absolute Gasteiger partial charge is 0.174 e. The van der Waals surface area contributed by atoms with Crippen LogP contribution >= 0.6 is 23.8 Å². The van der Waals surface area contributed by atoms with Gasteiger partial charge in [-0.05, 0) is 117 Å². The van der Waals surface area contributed by atoms with Crippen LogP contribution in [-0.4, -0.2) is 27.8 Å². The Hall–Kier alpha value is -3.35. The number of pyridine rings is 1. The van der Waals surface area contributed by atoms with E-state index in [9.17, 15) is 0 Å². The number of anilines is 2. The summed E-state index contributed by atoms with van der Waals surface area (Å²) in [5.41, 5.74) is 10.4. The molecule has 4 atom stereocenters. The van der Waals surface area contributed by atoms with Crippen molar-refractivity contribution in [2.75, 3.05) is 22.9 Å². The van der Waals surface area contributed by atoms with E-state index < -0.39 is 0 Å². The molecular formula is C35H40ClN5S. The van der Waals surface area contributed by atoms with Crippen LogP contribution in [0.25, 0.3) is 5.69 Å². The van der Waals surface area contributed by atoms with Gasteiger partial charge in [-0.15, -0.1) is 0 Å². The highest BCUT2D eigenvalue weighted by atomic mass is 35.5. The fourth-order valence-electron chi connectivity index (χ4n) is 7.15. The maximum Gasteiger partial charge on any atom is 0.174 e. The Bertz CT molecular complexity index is 1620. The number of thiocarbonyl (C=S) groups is 1. The number of hydrogen-bond donors (Lipinski definition) is 1. The van der Waals surface area contributed by atoms with E-state index in [1.807, 2.05) is 18.3 Å². The lowest BCUT2D eigenvalue weighted by molar-refractivity contribution is 0.357. The molecule has 0 saturated carbocycles. The van der Waals surface area contributed by atoms with Gasteiger partial charge in [-0.3, -0.25) is 4.98 Å². The molecule has 0 aliphatic carbocycles. The average molecular weight is 598 g/mol. The highest BCUT2D eigenvalue weighted by Gasteiger charge is 2.42. The largest absolute Gasteiger partial charge is 0.370 e. The molecule has 0 bridgehead atoms. The monoisotopic (exact) mass is 597 g/mol. The van der Waals surface area contributed by atoms with Crippen molar-refractivity contribution in [1.82, 2.24) is 14.9 Å². The molecule has 0 spiro atoms. The van der Waals surface area contributed by atoms with E-state index in [1.165, 1.54) is 40.2 Å². The third-order valence-electron chi connectivity index (χ3n) is 9.12. The quantitative estimate of drug-likeness (QED) is 0.234. The molecule has 0 radical (unpaired) electrons. The number of benzene rings is 2. The first-order valence-electron chi connectivity index (χ1n) is 14.9. The molecule has 2 fully saturated rings. The van der Waals surface area contributed by atoms with E-state index in [4.69, 9.17) is 28.8 Å². The molecule has 2 aliphatic heterocycles. The average Bonchev–Trinajstić information content (AvgIpc) is 3.45. The van der Waals surface area contributed by atoms with Gasteiger partial charge in [-0.2, -0.15) is 0 Å². The van der Waals surface area contributed by atoms with E-state index in [-0.39, 0.29) is 12.1 Å². The first-order valence-corrected chi connectivity index (χ1v) is 15.7. The summed E-state index contributed by atoms with van der Waals surface area (Å²) in [7, 11) is 0. The van der Waals surface area contributed by atoms with Crippen molar-refractivity contribution in [3.8, 4) is 5.69 Å². The third-order valence-corrected chi connectivity index (χ3v) is 9.74. The summed E-state index contributed by atoms with van der Waals surface area (Å²) in [6.07, 6.45) is 3.11. The predicted molar refractivity (Wildman–Crippen MR) is 179 cm³/mol. The van der Waals surface area contributed by atoms with Crippen LogP contribution < -0.4 is 15.1 Å². The number of aryl methyl sites for hydroxylation is 2. The summed E-state index contributed by atoms with van der Waals surface area (Å²) in [6, 6.07) is 21.1. The summed E-state index contributed by atoms with van der Waals surface area (Å²) in [4.78, 5) is 9.44. The minimum atomic E-state index is -0.117. The second-order valence-corrected chi connectivity index (χ2v) is 13.2. The van der Waals surface area contributed by atoms with Gasteiger partial charge in [0.2, 0.25) is 0 Å². The number of rotatable bonds is 5. The van der Waals surface area contributed by atoms with Crippen molar-refractivity contribution in [1.29, 1.82) is 0 Å². The molecule has 2 aliphatic rings. The molecule has 4 heterocycles. The van der Waals surface area contributed by atoms with Gasteiger partial charge < -0.3 is 19.7 Å². The summed E-state index contributed by atoms with van der Waals surface area (Å²) in [5.74, 6) is 1.30. The molecule has 2 saturated heterocycles. The standard InChI is InChI=1S/C35H40ClN5S/c1-21-16-22(2)20-39(19-21)32-14-13-27(18-29(32)36)41-34(33(38-35(41)42)30-11-7-8-15-37-30)28-17-24(4)40(26(28)6)31-12-9-10-23(3)25(31)5/h7-15,17-18,21-22,33-34H,16,19-20H2,1-6H3,(H,38,42)/t21-,22+,33-,34-/m1/s1. The lowest BCUT2D eigenvalue weighted by atomic mass is 9.91. The Balaban J connectivity index is 1.45. The zero-order valence-corrected chi connectivity index (χ0v) is 26.9. The van der Waals surface area contributed by atoms with Gasteiger partial charge in [-0.25, -0.2) is 0 Å². The Morgan fingerprint density at radius 1 is 0.905 bits per heavy atom. The number of piperidine rings is 1. The number of halogens is 1. The van der Waals surface area contributed by atoms with Crippen molar-refractivity contribution in [3.05, 3.63) is 106 Å². The van der Waals surface area contributed by atoms with Crippen LogP contribution in [0.2, 0.25) is 5.02 Å². The normalized spacial score (nSPS) is 22.5. The number of nitrogens with zero attached hydrogens (tertiary/aromatic N) is 4. The SMILES string of the molecule is Cc1cccc(-n2c(C)cc([C@@H]3[C@@H](c4ccccn4)NC(=S)N3c3ccc(N4C[C@H](C)C[C@H](C)C4)c(Cl)c3)c2C)c1C. The van der Waals surface area contributed by atoms with E-state index in [0.29, 0.717) is 16.9 Å². The van der Waals surface area contributed by atoms with Crippen LogP contribution in [-0.2, 0) is 0 Å². The van der Waals surface area contributed by atoms with E-state index >= 15 is 0 Å². The highest BCUT2D eigenvalue weighted by Crippen LogP contribution is 2.45. The fraction of sp³-hybridized carbons (Fsp3) is 0.371. The number of hydrogen-bond acceptors (Lipinski definition) is 3. The van der Waals surface area contributed by atoms with Crippen LogP contribution in [0.5, 0.6) is 0 Å². The minimum absolute atomic E-state index is 0.102. The first kappa shape index (κ1) is 28.8. The van der Waals surface area contributed by atoms with Crippen LogP contribution in [0.15, 0.2) is 66.9 Å². The maximum atomic E-state index is 7.06. The second-order valence-electron chi connectivity index (χ2n) is 12.4. The third kappa shape index (κ3) is 5.09. The first-order chi connectivity index (χ1) is 20.1. The predicted octanol–water partition coefficient (Wildman–Crippen LogP) is 8.42. The van der Waals surface area contributed by atoms with Gasteiger partial charge in [-0.1, -0.05) is 43.6 Å². The maximum absolute atomic E-state index is 7.06. The van der Waals surface area contributed by atoms with E-state index in [0.717, 1.165) is 35.2 Å². The van der Waals surface area contributed by atoms with Crippen molar-refractivity contribution in [2.24, 2.45) is 11.8 Å². The molecule has 0 unspecified atom stereocenters. The topological polar surface area (TPSA) is 36.3 Å². The van der Waals surface area contributed by atoms with Crippen LogP contribution in [0.4, 0.5) is 11.4 Å². The van der Waals surface area contributed by atoms with Gasteiger partial charge in [0.15, 0.2) is 5.11 Å². The lowest BCUT2D eigenvalue weighted by Crippen LogP contribution is -2.38. The molecule has 2 aromatic heterocycles. The zero-order valence-electron chi connectivity index (χ0n) is 25.4. The lowest BCUT2D eigenvalue weighted by Gasteiger charge is -2.37. The highest BCUT2D eigenvalue weighted by molar-refractivity contribution is 7.80. The van der Waals surface area contributed by atoms with Crippen molar-refractivity contribution < 1.29 is 0 Å². The minimum Gasteiger partial charge on any atom is -0.370 e. The summed E-state index contributed by atoms with van der Waals surface area (Å²) in [6.45, 7) is 15.5. The Kier molecular flexibility index (Phi) is 7.79. The van der Waals surface area contributed by atoms with Crippen LogP contribution in [0, 0.1) is 39.5 Å². The van der Waals surface area contributed by atoms with E-state index in [1.54, 1.807) is 0 Å². The Labute approximate surface area is 260 Å². The molecule has 2 aromatic carbocycles. The van der Waals surface area contributed by atoms with Crippen molar-refractivity contribution in [2.45, 2.75) is 60.0 Å². The van der Waals surface area contributed by atoms with E-state index in [2.05, 4.69) is 110 Å². The molecule has 1 N–H and O–H groups in total. The van der Waals surface area contributed by atoms with Gasteiger partial charge in [0.25, 0.3) is 0 Å². The molecule has 7 heteroatoms. The van der Waals surface area contributed by atoms with Gasteiger partial charge in [0.1, 0.15) is 0 Å². The van der Waals surface area contributed by atoms with Gasteiger partial charge in [0.05, 0.1) is 28.5 Å². The second kappa shape index (κ2) is 11.4. The summed E-state index contributed by atoms with van der Waals surface area (Å²) >= 11 is 13.1. The molecule has 4 aromatic rings. The summed E-state index contributed by atoms with van der Waals surface area (Å²) in [5, 5.41) is 5.06. The molecule has 42 heavy (non-hydrogen) atoms. The molecule has 0 amide bonds. The molecule has 6 rings (SSSR count). The summed E-state index contributed by atoms with van der Waals surface area (Å²) < 4.78 is 2.38. The fourth-order valence-corrected chi connectivity index (χ4v) is 7.79. The Morgan fingerprint density at radius 3 is 2.36 bits per heavy atom. The van der Waals surface area contributed by atoms with Crippen molar-refractivity contribution in [3.63, 3.8) is 0 Å². The van der Waals surface area contributed by atoms with Crippen LogP contribution in [0.3, 0.4) is 0 Å². The van der Waals surface area contributed by atoms with Gasteiger partial charge in [0, 0.05) is 42.0 Å². The number of aromatic nitrogens is 2.